The number of ether oxygens (including phenoxy) is 1. The van der Waals surface area contributed by atoms with Gasteiger partial charge in [0.2, 0.25) is 15.9 Å². The van der Waals surface area contributed by atoms with Crippen LogP contribution in [0.5, 0.6) is 5.75 Å². The van der Waals surface area contributed by atoms with E-state index in [4.69, 9.17) is 0 Å². The van der Waals surface area contributed by atoms with E-state index in [0.29, 0.717) is 19.0 Å². The summed E-state index contributed by atoms with van der Waals surface area (Å²) >= 11 is 0. The summed E-state index contributed by atoms with van der Waals surface area (Å²) in [6.45, 7) is 2.88. The van der Waals surface area contributed by atoms with Crippen molar-refractivity contribution in [2.24, 2.45) is 5.92 Å². The molecule has 1 heterocycles. The first-order valence-electron chi connectivity index (χ1n) is 7.70. The maximum atomic E-state index is 12.1. The van der Waals surface area contributed by atoms with Crippen molar-refractivity contribution in [2.45, 2.75) is 31.0 Å². The topological polar surface area (TPSA) is 75.7 Å². The number of benzene rings is 1. The monoisotopic (exact) mass is 380 g/mol. The summed E-state index contributed by atoms with van der Waals surface area (Å²) in [5.41, 5.74) is 0. The van der Waals surface area contributed by atoms with Crippen LogP contribution in [0.1, 0.15) is 19.8 Å². The number of alkyl halides is 3. The fourth-order valence-corrected chi connectivity index (χ4v) is 3.40. The molecular formula is C15H19F3N2O4S. The molecule has 10 heteroatoms. The van der Waals surface area contributed by atoms with E-state index >= 15 is 0 Å². The molecule has 0 atom stereocenters. The summed E-state index contributed by atoms with van der Waals surface area (Å²) in [5, 5.41) is 0. The lowest BCUT2D eigenvalue weighted by molar-refractivity contribution is -0.274. The minimum Gasteiger partial charge on any atom is -0.406 e. The summed E-state index contributed by atoms with van der Waals surface area (Å²) in [6, 6.07) is 3.76. The summed E-state index contributed by atoms with van der Waals surface area (Å²) in [5.74, 6) is -0.310. The third kappa shape index (κ3) is 5.89. The van der Waals surface area contributed by atoms with Gasteiger partial charge in [-0.05, 0) is 43.0 Å². The maximum Gasteiger partial charge on any atom is 0.573 e. The lowest BCUT2D eigenvalue weighted by atomic mass is 9.99. The van der Waals surface area contributed by atoms with Gasteiger partial charge in [-0.2, -0.15) is 0 Å². The van der Waals surface area contributed by atoms with Gasteiger partial charge in [0.15, 0.2) is 0 Å². The van der Waals surface area contributed by atoms with Gasteiger partial charge in [-0.25, -0.2) is 13.1 Å². The van der Waals surface area contributed by atoms with Gasteiger partial charge in [-0.15, -0.1) is 13.2 Å². The van der Waals surface area contributed by atoms with Crippen LogP contribution in [-0.4, -0.2) is 45.2 Å². The third-order valence-electron chi connectivity index (χ3n) is 3.92. The SMILES string of the molecule is CC1CCN(C(=O)CNS(=O)(=O)c2ccc(OC(F)(F)F)cc2)CC1. The number of carbonyl (C=O) groups is 1. The predicted octanol–water partition coefficient (Wildman–Crippen LogP) is 2.12. The number of hydrogen-bond donors (Lipinski definition) is 1. The molecule has 1 aromatic carbocycles. The average molecular weight is 380 g/mol. The molecule has 140 valence electrons. The van der Waals surface area contributed by atoms with Crippen molar-refractivity contribution in [3.05, 3.63) is 24.3 Å². The molecular weight excluding hydrogens is 361 g/mol. The van der Waals surface area contributed by atoms with Gasteiger partial charge in [0.05, 0.1) is 11.4 Å². The van der Waals surface area contributed by atoms with E-state index in [1.165, 1.54) is 0 Å². The number of piperidine rings is 1. The molecule has 1 saturated heterocycles. The van der Waals surface area contributed by atoms with Crippen LogP contribution < -0.4 is 9.46 Å². The lowest BCUT2D eigenvalue weighted by Gasteiger charge is -2.30. The Bertz CT molecular complexity index is 696. The van der Waals surface area contributed by atoms with Gasteiger partial charge in [0, 0.05) is 13.1 Å². The molecule has 1 amide bonds. The van der Waals surface area contributed by atoms with Crippen LogP contribution in [0.2, 0.25) is 0 Å². The van der Waals surface area contributed by atoms with E-state index in [2.05, 4.69) is 16.4 Å². The van der Waals surface area contributed by atoms with Crippen LogP contribution in [0.4, 0.5) is 13.2 Å². The second-order valence-corrected chi connectivity index (χ2v) is 7.67. The molecule has 0 saturated carbocycles. The number of halogens is 3. The first kappa shape index (κ1) is 19.5. The predicted molar refractivity (Wildman–Crippen MR) is 83.3 cm³/mol. The van der Waals surface area contributed by atoms with E-state index in [1.807, 2.05) is 0 Å². The van der Waals surface area contributed by atoms with Gasteiger partial charge in [-0.1, -0.05) is 6.92 Å². The number of amides is 1. The lowest BCUT2D eigenvalue weighted by Crippen LogP contribution is -2.43. The molecule has 0 spiro atoms. The first-order valence-corrected chi connectivity index (χ1v) is 9.18. The standard InChI is InChI=1S/C15H19F3N2O4S/c1-11-6-8-20(9-7-11)14(21)10-19-25(22,23)13-4-2-12(3-5-13)24-15(16,17)18/h2-5,11,19H,6-10H2,1H3. The van der Waals surface area contributed by atoms with Crippen molar-refractivity contribution in [3.63, 3.8) is 0 Å². The van der Waals surface area contributed by atoms with E-state index < -0.39 is 28.7 Å². The van der Waals surface area contributed by atoms with Gasteiger partial charge in [0.1, 0.15) is 5.75 Å². The number of carbonyl (C=O) groups excluding carboxylic acids is 1. The Morgan fingerprint density at radius 2 is 1.80 bits per heavy atom. The largest absolute Gasteiger partial charge is 0.573 e. The summed E-state index contributed by atoms with van der Waals surface area (Å²) < 4.78 is 66.4. The minimum absolute atomic E-state index is 0.248. The molecule has 2 rings (SSSR count). The van der Waals surface area contributed by atoms with Crippen LogP contribution in [0.25, 0.3) is 0 Å². The smallest absolute Gasteiger partial charge is 0.406 e. The molecule has 0 aromatic heterocycles. The normalized spacial score (nSPS) is 16.7. The summed E-state index contributed by atoms with van der Waals surface area (Å²) in [6.07, 6.45) is -3.10. The van der Waals surface area contributed by atoms with Gasteiger partial charge in [0.25, 0.3) is 0 Å². The van der Waals surface area contributed by atoms with Crippen LogP contribution in [0.15, 0.2) is 29.2 Å². The Morgan fingerprint density at radius 1 is 1.24 bits per heavy atom. The minimum atomic E-state index is -4.85. The van der Waals surface area contributed by atoms with Gasteiger partial charge in [-0.3, -0.25) is 4.79 Å². The molecule has 0 bridgehead atoms. The average Bonchev–Trinajstić information content (AvgIpc) is 2.52. The Balaban J connectivity index is 1.93. The summed E-state index contributed by atoms with van der Waals surface area (Å²) in [7, 11) is -4.00. The van der Waals surface area contributed by atoms with Crippen molar-refractivity contribution < 1.29 is 31.1 Å². The molecule has 6 nitrogen and oxygen atoms in total. The molecule has 25 heavy (non-hydrogen) atoms. The zero-order chi connectivity index (χ0) is 18.7. The highest BCUT2D eigenvalue weighted by atomic mass is 32.2. The highest BCUT2D eigenvalue weighted by Crippen LogP contribution is 2.23. The second-order valence-electron chi connectivity index (χ2n) is 5.91. The van der Waals surface area contributed by atoms with Crippen molar-refractivity contribution >= 4 is 15.9 Å². The van der Waals surface area contributed by atoms with Crippen molar-refractivity contribution in [1.29, 1.82) is 0 Å². The molecule has 0 aliphatic carbocycles. The zero-order valence-electron chi connectivity index (χ0n) is 13.5. The van der Waals surface area contributed by atoms with Crippen molar-refractivity contribution in [3.8, 4) is 5.75 Å². The number of nitrogens with zero attached hydrogens (tertiary/aromatic N) is 1. The van der Waals surface area contributed by atoms with Crippen LogP contribution in [0.3, 0.4) is 0 Å². The molecule has 1 N–H and O–H groups in total. The van der Waals surface area contributed by atoms with Crippen LogP contribution >= 0.6 is 0 Å². The van der Waals surface area contributed by atoms with E-state index in [-0.39, 0.29) is 10.8 Å². The number of likely N-dealkylation sites (tertiary alicyclic amines) is 1. The molecule has 1 aliphatic rings. The Kier molecular flexibility index (Phi) is 5.94. The number of sulfonamides is 1. The van der Waals surface area contributed by atoms with Crippen LogP contribution in [0, 0.1) is 5.92 Å². The molecule has 1 aliphatic heterocycles. The van der Waals surface area contributed by atoms with E-state index in [0.717, 1.165) is 37.1 Å². The quantitative estimate of drug-likeness (QED) is 0.849. The van der Waals surface area contributed by atoms with E-state index in [9.17, 15) is 26.4 Å². The number of rotatable bonds is 5. The number of hydrogen-bond acceptors (Lipinski definition) is 4. The van der Waals surface area contributed by atoms with E-state index in [1.54, 1.807) is 4.90 Å². The fraction of sp³-hybridized carbons (Fsp3) is 0.533. The Hall–Kier alpha value is -1.81. The molecule has 0 radical (unpaired) electrons. The zero-order valence-corrected chi connectivity index (χ0v) is 14.4. The molecule has 1 aromatic rings. The first-order chi connectivity index (χ1) is 11.6. The number of nitrogens with one attached hydrogen (secondary N) is 1. The Labute approximate surface area is 144 Å². The second kappa shape index (κ2) is 7.61. The van der Waals surface area contributed by atoms with Crippen molar-refractivity contribution in [1.82, 2.24) is 9.62 Å². The molecule has 0 unspecified atom stereocenters. The van der Waals surface area contributed by atoms with Crippen molar-refractivity contribution in [2.75, 3.05) is 19.6 Å². The molecule has 1 fully saturated rings. The third-order valence-corrected chi connectivity index (χ3v) is 5.33. The maximum absolute atomic E-state index is 12.1. The Morgan fingerprint density at radius 3 is 2.32 bits per heavy atom. The summed E-state index contributed by atoms with van der Waals surface area (Å²) in [4.78, 5) is 13.4. The fourth-order valence-electron chi connectivity index (χ4n) is 2.43. The van der Waals surface area contributed by atoms with Gasteiger partial charge < -0.3 is 9.64 Å². The van der Waals surface area contributed by atoms with Crippen LogP contribution in [-0.2, 0) is 14.8 Å². The highest BCUT2D eigenvalue weighted by molar-refractivity contribution is 7.89. The van der Waals surface area contributed by atoms with Gasteiger partial charge >= 0.3 is 6.36 Å². The highest BCUT2D eigenvalue weighted by Gasteiger charge is 2.31.